The van der Waals surface area contributed by atoms with Crippen molar-refractivity contribution in [3.05, 3.63) is 120 Å². The summed E-state index contributed by atoms with van der Waals surface area (Å²) in [4.78, 5) is 16.3. The quantitative estimate of drug-likeness (QED) is 0.0571. The molecule has 0 radical (unpaired) electrons. The van der Waals surface area contributed by atoms with Gasteiger partial charge in [0, 0.05) is 49.7 Å². The van der Waals surface area contributed by atoms with Crippen LogP contribution in [0.3, 0.4) is 0 Å². The first-order valence-electron chi connectivity index (χ1n) is 19.1. The summed E-state index contributed by atoms with van der Waals surface area (Å²) >= 11 is 0. The predicted molar refractivity (Wildman–Crippen MR) is 220 cm³/mol. The van der Waals surface area contributed by atoms with Gasteiger partial charge < -0.3 is 19.3 Å². The summed E-state index contributed by atoms with van der Waals surface area (Å²) in [5, 5.41) is 0. The highest BCUT2D eigenvalue weighted by Crippen LogP contribution is 2.27. The molecule has 0 fully saturated rings. The Balaban J connectivity index is 0.000000348. The number of ether oxygens (including phenoxy) is 2. The van der Waals surface area contributed by atoms with Gasteiger partial charge in [0.15, 0.2) is 6.29 Å². The minimum Gasteiger partial charge on any atom is -0.489 e. The minimum absolute atomic E-state index is 0. The second-order valence-corrected chi connectivity index (χ2v) is 13.0. The fourth-order valence-electron chi connectivity index (χ4n) is 5.73. The summed E-state index contributed by atoms with van der Waals surface area (Å²) in [7, 11) is 0. The first-order chi connectivity index (χ1) is 24.6. The lowest BCUT2D eigenvalue weighted by molar-refractivity contribution is 0.111. The van der Waals surface area contributed by atoms with E-state index in [0.717, 1.165) is 49.5 Å². The van der Waals surface area contributed by atoms with Crippen LogP contribution in [0, 0.1) is 0 Å². The van der Waals surface area contributed by atoms with Crippen LogP contribution in [0.25, 0.3) is 0 Å². The first kappa shape index (κ1) is 42.9. The highest BCUT2D eigenvalue weighted by atomic mass is 16.5. The van der Waals surface area contributed by atoms with Crippen LogP contribution in [-0.2, 0) is 13.2 Å². The normalized spacial score (nSPS) is 10.4. The molecular formula is C46H66N2O3. The van der Waals surface area contributed by atoms with Crippen LogP contribution in [0.15, 0.2) is 103 Å². The summed E-state index contributed by atoms with van der Waals surface area (Å²) in [6.45, 7) is 14.4. The van der Waals surface area contributed by atoms with Crippen LogP contribution in [0.4, 0.5) is 11.4 Å². The van der Waals surface area contributed by atoms with Crippen LogP contribution in [0.1, 0.15) is 121 Å². The molecule has 0 N–H and O–H groups in total. The molecule has 0 saturated heterocycles. The Morgan fingerprint density at radius 3 is 1.51 bits per heavy atom. The third-order valence-corrected chi connectivity index (χ3v) is 8.78. The first-order valence-corrected chi connectivity index (χ1v) is 19.1. The van der Waals surface area contributed by atoms with Crippen molar-refractivity contribution < 1.29 is 14.3 Å². The molecule has 278 valence electrons. The number of aldehydes is 1. The van der Waals surface area contributed by atoms with E-state index < -0.39 is 0 Å². The zero-order chi connectivity index (χ0) is 35.7. The number of unbranched alkanes of at least 4 members (excludes halogenated alkanes) is 6. The molecule has 0 aromatic heterocycles. The summed E-state index contributed by atoms with van der Waals surface area (Å²) in [5.74, 6) is 1.62. The molecule has 0 bridgehead atoms. The van der Waals surface area contributed by atoms with Crippen molar-refractivity contribution in [2.24, 2.45) is 0 Å². The van der Waals surface area contributed by atoms with Gasteiger partial charge in [-0.2, -0.15) is 0 Å². The monoisotopic (exact) mass is 695 g/mol. The van der Waals surface area contributed by atoms with Gasteiger partial charge in [-0.05, 0) is 61.1 Å². The number of hydrogen-bond donors (Lipinski definition) is 0. The highest BCUT2D eigenvalue weighted by molar-refractivity contribution is 5.80. The molecule has 5 nitrogen and oxygen atoms in total. The molecule has 0 spiro atoms. The Labute approximate surface area is 311 Å². The van der Waals surface area contributed by atoms with Crippen LogP contribution >= 0.6 is 0 Å². The molecule has 0 aliphatic rings. The second kappa shape index (κ2) is 26.5. The number of rotatable bonds is 23. The Kier molecular flexibility index (Phi) is 22.3. The van der Waals surface area contributed by atoms with Crippen LogP contribution in [-0.4, -0.2) is 32.5 Å². The maximum atomic E-state index is 11.4. The van der Waals surface area contributed by atoms with Gasteiger partial charge in [0.1, 0.15) is 24.7 Å². The maximum absolute atomic E-state index is 11.4. The van der Waals surface area contributed by atoms with Gasteiger partial charge in [0.05, 0.1) is 5.56 Å². The van der Waals surface area contributed by atoms with Crippen LogP contribution in [0.2, 0.25) is 0 Å². The molecule has 0 saturated carbocycles. The van der Waals surface area contributed by atoms with E-state index in [1.807, 2.05) is 54.6 Å². The summed E-state index contributed by atoms with van der Waals surface area (Å²) < 4.78 is 12.0. The average molecular weight is 695 g/mol. The lowest BCUT2D eigenvalue weighted by Crippen LogP contribution is -2.25. The largest absolute Gasteiger partial charge is 0.489 e. The molecule has 4 aromatic rings. The fourth-order valence-corrected chi connectivity index (χ4v) is 5.73. The number of carbonyl (C=O) groups excluding carboxylic acids is 1. The third kappa shape index (κ3) is 16.5. The molecule has 0 unspecified atom stereocenters. The Morgan fingerprint density at radius 1 is 0.510 bits per heavy atom. The predicted octanol–water partition coefficient (Wildman–Crippen LogP) is 12.6. The number of carbonyl (C=O) groups is 1. The molecule has 0 aliphatic carbocycles. The number of anilines is 2. The summed E-state index contributed by atoms with van der Waals surface area (Å²) in [6, 6.07) is 34.9. The highest BCUT2D eigenvalue weighted by Gasteiger charge is 2.11. The fraction of sp³-hybridized carbons (Fsp3) is 0.457. The number of benzene rings is 4. The zero-order valence-electron chi connectivity index (χ0n) is 31.3. The van der Waals surface area contributed by atoms with Crippen molar-refractivity contribution in [2.45, 2.75) is 113 Å². The van der Waals surface area contributed by atoms with Gasteiger partial charge in [0.25, 0.3) is 0 Å². The van der Waals surface area contributed by atoms with E-state index in [-0.39, 0.29) is 7.43 Å². The van der Waals surface area contributed by atoms with Crippen molar-refractivity contribution in [1.82, 2.24) is 0 Å². The van der Waals surface area contributed by atoms with E-state index in [2.05, 4.69) is 86.0 Å². The smallest absolute Gasteiger partial charge is 0.153 e. The van der Waals surface area contributed by atoms with Gasteiger partial charge in [0.2, 0.25) is 0 Å². The summed E-state index contributed by atoms with van der Waals surface area (Å²) in [6.07, 6.45) is 13.2. The molecule has 4 rings (SSSR count). The lowest BCUT2D eigenvalue weighted by atomic mass is 10.1. The topological polar surface area (TPSA) is 42.0 Å². The van der Waals surface area contributed by atoms with E-state index in [9.17, 15) is 4.79 Å². The van der Waals surface area contributed by atoms with E-state index >= 15 is 0 Å². The summed E-state index contributed by atoms with van der Waals surface area (Å²) in [5.41, 5.74) is 5.33. The van der Waals surface area contributed by atoms with E-state index in [1.165, 1.54) is 75.5 Å². The van der Waals surface area contributed by atoms with Crippen LogP contribution in [0.5, 0.6) is 11.5 Å². The molecule has 51 heavy (non-hydrogen) atoms. The molecule has 0 heterocycles. The van der Waals surface area contributed by atoms with Gasteiger partial charge in [-0.1, -0.05) is 140 Å². The minimum atomic E-state index is 0. The standard InChI is InChI=1S/C23H31NO2.C22H31NO.CH4/c1-3-5-10-16-24(15-6-4-2)22-14-13-21(18-25)23(17-22)26-19-20-11-8-7-9-12-20;1-3-5-10-17-23(16-6-4-2)21-14-11-15-22(18-21)24-19-20-12-8-7-9-13-20;/h7-9,11-14,17-18H,3-6,10,15-16,19H2,1-2H3;7-9,11-15,18H,3-6,10,16-17,19H2,1-2H3;1H4. The van der Waals surface area contributed by atoms with Gasteiger partial charge in [-0.25, -0.2) is 0 Å². The van der Waals surface area contributed by atoms with E-state index in [1.54, 1.807) is 0 Å². The maximum Gasteiger partial charge on any atom is 0.153 e. The van der Waals surface area contributed by atoms with Crippen molar-refractivity contribution >= 4 is 17.7 Å². The molecule has 0 aliphatic heterocycles. The molecule has 5 heteroatoms. The van der Waals surface area contributed by atoms with E-state index in [4.69, 9.17) is 9.47 Å². The van der Waals surface area contributed by atoms with Crippen molar-refractivity contribution in [1.29, 1.82) is 0 Å². The molecule has 0 atom stereocenters. The number of hydrogen-bond acceptors (Lipinski definition) is 5. The van der Waals surface area contributed by atoms with E-state index in [0.29, 0.717) is 24.5 Å². The average Bonchev–Trinajstić information content (AvgIpc) is 3.17. The van der Waals surface area contributed by atoms with Crippen molar-refractivity contribution in [3.63, 3.8) is 0 Å². The van der Waals surface area contributed by atoms with Crippen LogP contribution < -0.4 is 19.3 Å². The Bertz CT molecular complexity index is 1440. The van der Waals surface area contributed by atoms with Gasteiger partial charge >= 0.3 is 0 Å². The number of nitrogens with zero attached hydrogens (tertiary/aromatic N) is 2. The van der Waals surface area contributed by atoms with Gasteiger partial charge in [-0.15, -0.1) is 0 Å². The lowest BCUT2D eigenvalue weighted by Gasteiger charge is -2.25. The molecule has 0 amide bonds. The molecular weight excluding hydrogens is 629 g/mol. The second-order valence-electron chi connectivity index (χ2n) is 13.0. The van der Waals surface area contributed by atoms with Crippen molar-refractivity contribution in [3.8, 4) is 11.5 Å². The third-order valence-electron chi connectivity index (χ3n) is 8.78. The van der Waals surface area contributed by atoms with Crippen molar-refractivity contribution in [2.75, 3.05) is 36.0 Å². The molecule has 4 aromatic carbocycles. The Hall–Kier alpha value is -4.25. The Morgan fingerprint density at radius 2 is 1.00 bits per heavy atom. The SMILES string of the molecule is C.CCCCCN(CCCC)c1ccc(C=O)c(OCc2ccccc2)c1.CCCCCN(CCCC)c1cccc(OCc2ccccc2)c1. The van der Waals surface area contributed by atoms with Gasteiger partial charge in [-0.3, -0.25) is 4.79 Å². The zero-order valence-corrected chi connectivity index (χ0v) is 31.3.